The first-order valence-corrected chi connectivity index (χ1v) is 43.9. The molecule has 7 aromatic carbocycles. The maximum atomic E-state index is 16.2. The summed E-state index contributed by atoms with van der Waals surface area (Å²) in [6.07, 6.45) is 1.82. The summed E-state index contributed by atoms with van der Waals surface area (Å²) in [5.74, 6) is 0.413. The quantitative estimate of drug-likeness (QED) is 0.0135. The van der Waals surface area contributed by atoms with E-state index in [1.165, 1.54) is 34.4 Å². The maximum Gasteiger partial charge on any atom is 0.475 e. The van der Waals surface area contributed by atoms with Crippen LogP contribution in [-0.4, -0.2) is 178 Å². The van der Waals surface area contributed by atoms with E-state index in [0.717, 1.165) is 62.9 Å². The van der Waals surface area contributed by atoms with Crippen LogP contribution in [0.4, 0.5) is 16.4 Å². The molecule has 0 bridgehead atoms. The third kappa shape index (κ3) is 21.5. The SMILES string of the molecule is COc1ccc(C(OCC2O[C@@H](n3cnc4c(NC(=O)c5ccc(CCC(O)Cc6ccccc6)cc5)ncnc43)CC2OP(=O)(OCCCN)OCC2OC(n3ccc(NC(=O)CCCN(C)C(=O)OCC4c5ccccc5-c5ccccc54)nc3=O)CC2OP(CCCCN)N(C(C)C)C(C)C)(c2ccccc2)c2ccc(OC)cc2)cc1. The van der Waals surface area contributed by atoms with Crippen molar-refractivity contribution in [3.8, 4) is 22.6 Å². The van der Waals surface area contributed by atoms with Crippen LogP contribution in [0.25, 0.3) is 22.3 Å². The van der Waals surface area contributed by atoms with Crippen molar-refractivity contribution < 1.29 is 70.6 Å². The third-order valence-corrected chi connectivity index (χ3v) is 25.9. The number of aryl methyl sites for hydroxylation is 1. The summed E-state index contributed by atoms with van der Waals surface area (Å²) in [7, 11) is -1.35. The lowest BCUT2D eigenvalue weighted by Gasteiger charge is -2.39. The number of aromatic nitrogens is 6. The van der Waals surface area contributed by atoms with Gasteiger partial charge in [-0.3, -0.25) is 37.0 Å². The minimum Gasteiger partial charge on any atom is -0.497 e. The fourth-order valence-electron chi connectivity index (χ4n) is 15.8. The van der Waals surface area contributed by atoms with Crippen LogP contribution in [0.15, 0.2) is 212 Å². The Morgan fingerprint density at radius 3 is 1.91 bits per heavy atom. The number of imidazole rings is 1. The zero-order valence-corrected chi connectivity index (χ0v) is 70.6. The number of benzene rings is 7. The Kier molecular flexibility index (Phi) is 30.4. The van der Waals surface area contributed by atoms with Crippen molar-refractivity contribution >= 4 is 56.8 Å². The van der Waals surface area contributed by atoms with E-state index in [9.17, 15) is 24.3 Å². The minimum absolute atomic E-state index is 0.00997. The monoisotopic (exact) mass is 1670 g/mol. The number of methoxy groups -OCH3 is 2. The summed E-state index contributed by atoms with van der Waals surface area (Å²) in [6, 6.07) is 59.8. The van der Waals surface area contributed by atoms with Gasteiger partial charge in [-0.2, -0.15) is 4.98 Å². The Morgan fingerprint density at radius 2 is 1.27 bits per heavy atom. The molecular weight excluding hydrogens is 1570 g/mol. The van der Waals surface area contributed by atoms with Crippen LogP contribution < -0.4 is 37.3 Å². The smallest absolute Gasteiger partial charge is 0.475 e. The van der Waals surface area contributed by atoms with Gasteiger partial charge in [-0.05, 0) is 178 Å². The van der Waals surface area contributed by atoms with Gasteiger partial charge in [0.1, 0.15) is 74.9 Å². The second kappa shape index (κ2) is 41.5. The molecule has 0 radical (unpaired) electrons. The van der Waals surface area contributed by atoms with E-state index in [1.54, 1.807) is 38.0 Å². The minimum atomic E-state index is -4.80. The van der Waals surface area contributed by atoms with Crippen LogP contribution in [0, 0.1) is 0 Å². The van der Waals surface area contributed by atoms with Gasteiger partial charge in [0.05, 0.1) is 52.6 Å². The fraction of sp³-hybridized carbons (Fsp3) is 0.400. The van der Waals surface area contributed by atoms with Gasteiger partial charge in [-0.1, -0.05) is 146 Å². The molecule has 0 spiro atoms. The number of nitrogens with zero attached hydrogens (tertiary/aromatic N) is 8. The standard InChI is InChI=1S/C90H108N12O16P2/c1-60(2)102(61(3)4)119(51-19-18-46-91)117-76-53-82(100-49-45-80(97-88(100)106)96-81(104)30-20-48-99(5)89(107)111-55-75-73-28-16-14-26-71(73)72-27-15-17-29-74(72)75)116-79(76)57-114-120(108,113-50-21-47-92)118-77-54-83(115-78(77)56-112-90(65-24-12-9-13-25-65,66-36-41-69(109-6)42-37-66)67-38-43-70(110-7)44-39-67)101-59-95-84-85(93-58-94-86(84)101)98-87(105)64-34-31-62(32-35-64)33-40-68(103)52-63-22-10-8-11-23-63/h8-17,22-29,31-32,34-39,41-45,49,58-61,68,75-79,82-83,103H,18-21,30,33,40,46-48,50-57,91-92H2,1-7H3,(H,93,94,98,105)(H,96,97,104,106)/t68?,76?,77?,78?,79?,82?,83-,119?,120?/m1/s1. The maximum absolute atomic E-state index is 16.2. The Labute approximate surface area is 701 Å². The summed E-state index contributed by atoms with van der Waals surface area (Å²) in [5.41, 5.74) is 19.7. The van der Waals surface area contributed by atoms with Gasteiger partial charge < -0.3 is 65.1 Å². The first-order chi connectivity index (χ1) is 58.2. The van der Waals surface area contributed by atoms with E-state index in [0.29, 0.717) is 55.5 Å². The van der Waals surface area contributed by atoms with Gasteiger partial charge >= 0.3 is 19.6 Å². The largest absolute Gasteiger partial charge is 0.497 e. The van der Waals surface area contributed by atoms with Crippen molar-refractivity contribution in [2.45, 2.75) is 158 Å². The average Bonchev–Trinajstić information content (AvgIpc) is 1.25. The molecule has 30 heteroatoms. The second-order valence-corrected chi connectivity index (χ2v) is 34.1. The van der Waals surface area contributed by atoms with Gasteiger partial charge in [0, 0.05) is 68.8 Å². The van der Waals surface area contributed by atoms with Crippen molar-refractivity contribution in [3.05, 3.63) is 262 Å². The van der Waals surface area contributed by atoms with E-state index < -0.39 is 94.9 Å². The molecule has 28 nitrogen and oxygen atoms in total. The number of nitrogens with two attached hydrogens (primary N) is 2. The van der Waals surface area contributed by atoms with Crippen LogP contribution in [0.2, 0.25) is 0 Å². The number of phosphoric acid groups is 1. The molecule has 634 valence electrons. The Bertz CT molecular complexity index is 5030. The zero-order chi connectivity index (χ0) is 84.3. The molecule has 13 rings (SSSR count). The zero-order valence-electron chi connectivity index (χ0n) is 68.8. The van der Waals surface area contributed by atoms with E-state index >= 15 is 4.57 Å². The van der Waals surface area contributed by atoms with Gasteiger partial charge in [-0.25, -0.2) is 29.1 Å². The summed E-state index contributed by atoms with van der Waals surface area (Å²) >= 11 is 0. The lowest BCUT2D eigenvalue weighted by atomic mass is 9.80. The number of hydrogen-bond donors (Lipinski definition) is 5. The Morgan fingerprint density at radius 1 is 0.667 bits per heavy atom. The van der Waals surface area contributed by atoms with Crippen molar-refractivity contribution in [1.82, 2.24) is 38.6 Å². The summed E-state index contributed by atoms with van der Waals surface area (Å²) < 4.78 is 87.3. The highest BCUT2D eigenvalue weighted by Gasteiger charge is 2.49. The van der Waals surface area contributed by atoms with Gasteiger partial charge in [0.2, 0.25) is 5.91 Å². The normalized spacial score (nSPS) is 18.2. The highest BCUT2D eigenvalue weighted by Crippen LogP contribution is 2.56. The van der Waals surface area contributed by atoms with E-state index in [4.69, 9.17) is 63.0 Å². The van der Waals surface area contributed by atoms with Crippen LogP contribution in [0.3, 0.4) is 0 Å². The number of fused-ring (bicyclic) bond motifs is 4. The number of unbranched alkanes of at least 4 members (excludes halogenated alkanes) is 1. The molecule has 10 aromatic rings. The number of anilines is 2. The number of hydrogen-bond acceptors (Lipinski definition) is 23. The summed E-state index contributed by atoms with van der Waals surface area (Å²) in [4.78, 5) is 75.0. The highest BCUT2D eigenvalue weighted by atomic mass is 31.2. The number of nitrogens with one attached hydrogen (secondary N) is 2. The van der Waals surface area contributed by atoms with Crippen molar-refractivity contribution in [3.63, 3.8) is 0 Å². The molecule has 0 saturated carbocycles. The topological polar surface area (TPSA) is 342 Å². The number of ether oxygens (including phenoxy) is 6. The molecule has 9 atom stereocenters. The van der Waals surface area contributed by atoms with Crippen LogP contribution in [-0.2, 0) is 64.8 Å². The number of carbonyl (C=O) groups is 3. The third-order valence-electron chi connectivity index (χ3n) is 21.8. The van der Waals surface area contributed by atoms with Gasteiger partial charge in [0.15, 0.2) is 17.0 Å². The van der Waals surface area contributed by atoms with E-state index in [2.05, 4.69) is 82.2 Å². The van der Waals surface area contributed by atoms with Crippen molar-refractivity contribution in [2.24, 2.45) is 11.5 Å². The van der Waals surface area contributed by atoms with Crippen LogP contribution in [0.5, 0.6) is 11.5 Å². The molecule has 8 unspecified atom stereocenters. The Hall–Kier alpha value is -10.0. The molecule has 3 aliphatic rings. The molecule has 1 aliphatic carbocycles. The molecule has 3 aromatic heterocycles. The van der Waals surface area contributed by atoms with Gasteiger partial charge in [-0.15, -0.1) is 0 Å². The van der Waals surface area contributed by atoms with E-state index in [1.807, 2.05) is 146 Å². The molecule has 120 heavy (non-hydrogen) atoms. The van der Waals surface area contributed by atoms with E-state index in [-0.39, 0.29) is 99.4 Å². The predicted molar refractivity (Wildman–Crippen MR) is 459 cm³/mol. The Balaban J connectivity index is 0.755. The number of carbonyl (C=O) groups excluding carboxylic acids is 3. The number of aliphatic hydroxyl groups excluding tert-OH is 1. The lowest BCUT2D eigenvalue weighted by molar-refractivity contribution is -0.116. The predicted octanol–water partition coefficient (Wildman–Crippen LogP) is 14.5. The van der Waals surface area contributed by atoms with Crippen LogP contribution >= 0.6 is 16.1 Å². The van der Waals surface area contributed by atoms with Crippen molar-refractivity contribution in [2.75, 3.05) is 84.1 Å². The molecule has 3 amide bonds. The fourth-order valence-corrected chi connectivity index (χ4v) is 19.7. The number of phosphoric ester groups is 1. The first-order valence-electron chi connectivity index (χ1n) is 41.0. The van der Waals surface area contributed by atoms with Gasteiger partial charge in [0.25, 0.3) is 5.91 Å². The molecule has 2 saturated heterocycles. The molecule has 2 aliphatic heterocycles. The lowest BCUT2D eigenvalue weighted by Crippen LogP contribution is -2.38. The highest BCUT2D eigenvalue weighted by molar-refractivity contribution is 7.50. The molecular formula is C90H108N12O16P2. The first kappa shape index (κ1) is 87.8. The molecule has 2 fully saturated rings. The average molecular weight is 1680 g/mol. The summed E-state index contributed by atoms with van der Waals surface area (Å²) in [6.45, 7) is 8.68. The van der Waals surface area contributed by atoms with Crippen LogP contribution in [0.1, 0.15) is 147 Å². The molecule has 7 N–H and O–H groups in total. The molecule has 5 heterocycles. The number of amides is 3. The summed E-state index contributed by atoms with van der Waals surface area (Å²) in [5, 5.41) is 16.5. The number of aliphatic hydroxyl groups is 1. The number of rotatable bonds is 42. The van der Waals surface area contributed by atoms with Crippen molar-refractivity contribution in [1.29, 1.82) is 0 Å². The second-order valence-electron chi connectivity index (χ2n) is 30.6.